The van der Waals surface area contributed by atoms with E-state index in [4.69, 9.17) is 14.6 Å². The van der Waals surface area contributed by atoms with Crippen LogP contribution >= 0.6 is 0 Å². The van der Waals surface area contributed by atoms with Crippen molar-refractivity contribution in [3.8, 4) is 0 Å². The van der Waals surface area contributed by atoms with Gasteiger partial charge in [-0.1, -0.05) is 6.42 Å². The summed E-state index contributed by atoms with van der Waals surface area (Å²) in [5.74, 6) is -1.15. The molecule has 54 valence electrons. The topological polar surface area (TPSA) is 49.7 Å². The Morgan fingerprint density at radius 3 is 2.44 bits per heavy atom. The van der Waals surface area contributed by atoms with Crippen LogP contribution in [-0.2, 0) is 4.43 Å². The molecule has 2 N–H and O–H groups in total. The molecule has 0 aromatic rings. The van der Waals surface area contributed by atoms with Gasteiger partial charge >= 0.3 is 0 Å². The maximum Gasteiger partial charge on any atom is 0.237 e. The standard InChI is InChI=1S/C5H12O3Si/c6-5(7)9-4-2-1-3-8-9/h5-7,9H,1-4H2. The highest BCUT2D eigenvalue weighted by atomic mass is 28.3. The molecule has 0 bridgehead atoms. The Labute approximate surface area is 56.0 Å². The van der Waals surface area contributed by atoms with Gasteiger partial charge in [0.05, 0.1) is 0 Å². The van der Waals surface area contributed by atoms with Crippen molar-refractivity contribution >= 4 is 9.04 Å². The molecule has 1 unspecified atom stereocenters. The smallest absolute Gasteiger partial charge is 0.237 e. The molecule has 0 aliphatic carbocycles. The number of hydrogen-bond acceptors (Lipinski definition) is 3. The molecule has 0 amide bonds. The zero-order valence-corrected chi connectivity index (χ0v) is 6.44. The quantitative estimate of drug-likeness (QED) is 0.384. The number of aliphatic hydroxyl groups is 2. The predicted molar refractivity (Wildman–Crippen MR) is 35.4 cm³/mol. The third-order valence-electron chi connectivity index (χ3n) is 1.55. The fourth-order valence-corrected chi connectivity index (χ4v) is 2.80. The average molecular weight is 148 g/mol. The van der Waals surface area contributed by atoms with Gasteiger partial charge < -0.3 is 14.6 Å². The number of aliphatic hydroxyl groups excluding tert-OH is 1. The van der Waals surface area contributed by atoms with E-state index < -0.39 is 15.0 Å². The molecule has 3 nitrogen and oxygen atoms in total. The zero-order valence-electron chi connectivity index (χ0n) is 5.29. The van der Waals surface area contributed by atoms with Gasteiger partial charge in [0.25, 0.3) is 0 Å². The summed E-state index contributed by atoms with van der Waals surface area (Å²) in [5, 5.41) is 17.3. The molecule has 0 radical (unpaired) electrons. The third-order valence-corrected chi connectivity index (χ3v) is 3.85. The van der Waals surface area contributed by atoms with E-state index in [0.717, 1.165) is 25.5 Å². The van der Waals surface area contributed by atoms with E-state index in [2.05, 4.69) is 0 Å². The van der Waals surface area contributed by atoms with Crippen LogP contribution in [0.3, 0.4) is 0 Å². The Balaban J connectivity index is 2.23. The van der Waals surface area contributed by atoms with E-state index >= 15 is 0 Å². The van der Waals surface area contributed by atoms with Crippen molar-refractivity contribution in [3.63, 3.8) is 0 Å². The van der Waals surface area contributed by atoms with Crippen LogP contribution in [0.4, 0.5) is 0 Å². The number of rotatable bonds is 1. The second-order valence-electron chi connectivity index (χ2n) is 2.32. The van der Waals surface area contributed by atoms with Gasteiger partial charge in [-0.3, -0.25) is 0 Å². The molecule has 1 aliphatic heterocycles. The van der Waals surface area contributed by atoms with Crippen LogP contribution in [-0.4, -0.2) is 31.8 Å². The molecule has 1 heterocycles. The molecule has 9 heavy (non-hydrogen) atoms. The molecule has 1 atom stereocenters. The lowest BCUT2D eigenvalue weighted by atomic mass is 10.4. The maximum atomic E-state index is 8.67. The summed E-state index contributed by atoms with van der Waals surface area (Å²) in [7, 11) is -1.59. The van der Waals surface area contributed by atoms with Gasteiger partial charge in [0.2, 0.25) is 9.04 Å². The van der Waals surface area contributed by atoms with Gasteiger partial charge in [0, 0.05) is 6.61 Å². The SMILES string of the molecule is OC(O)[SiH]1CCCCO1. The summed E-state index contributed by atoms with van der Waals surface area (Å²) in [4.78, 5) is 0. The molecule has 0 spiro atoms. The molecule has 0 aromatic carbocycles. The first-order valence-corrected chi connectivity index (χ1v) is 5.24. The monoisotopic (exact) mass is 148 g/mol. The van der Waals surface area contributed by atoms with Gasteiger partial charge in [-0.25, -0.2) is 0 Å². The van der Waals surface area contributed by atoms with Crippen molar-refractivity contribution in [2.45, 2.75) is 24.8 Å². The third kappa shape index (κ3) is 2.06. The van der Waals surface area contributed by atoms with Crippen LogP contribution in [0.5, 0.6) is 0 Å². The zero-order chi connectivity index (χ0) is 6.69. The first-order chi connectivity index (χ1) is 4.30. The highest BCUT2D eigenvalue weighted by Crippen LogP contribution is 2.11. The van der Waals surface area contributed by atoms with Crippen LogP contribution in [0, 0.1) is 0 Å². The molecule has 1 saturated heterocycles. The Kier molecular flexibility index (Phi) is 2.65. The molecule has 1 aliphatic rings. The van der Waals surface area contributed by atoms with Crippen molar-refractivity contribution in [1.29, 1.82) is 0 Å². The Morgan fingerprint density at radius 2 is 2.11 bits per heavy atom. The van der Waals surface area contributed by atoms with Crippen LogP contribution in [0.1, 0.15) is 12.8 Å². The first kappa shape index (κ1) is 7.21. The second-order valence-corrected chi connectivity index (χ2v) is 4.90. The van der Waals surface area contributed by atoms with E-state index in [-0.39, 0.29) is 0 Å². The largest absolute Gasteiger partial charge is 0.414 e. The van der Waals surface area contributed by atoms with Crippen LogP contribution in [0.25, 0.3) is 0 Å². The molecule has 1 fully saturated rings. The molecular formula is C5H12O3Si. The van der Waals surface area contributed by atoms with Gasteiger partial charge in [0.15, 0.2) is 5.91 Å². The van der Waals surface area contributed by atoms with Crippen molar-refractivity contribution < 1.29 is 14.6 Å². The van der Waals surface area contributed by atoms with Gasteiger partial charge in [-0.2, -0.15) is 0 Å². The lowest BCUT2D eigenvalue weighted by Crippen LogP contribution is -2.36. The second kappa shape index (κ2) is 3.31. The van der Waals surface area contributed by atoms with E-state index in [1.54, 1.807) is 0 Å². The molecule has 1 rings (SSSR count). The lowest BCUT2D eigenvalue weighted by molar-refractivity contribution is 0.00707. The van der Waals surface area contributed by atoms with Crippen molar-refractivity contribution in [3.05, 3.63) is 0 Å². The van der Waals surface area contributed by atoms with Gasteiger partial charge in [-0.05, 0) is 12.5 Å². The minimum atomic E-state index is -1.59. The van der Waals surface area contributed by atoms with Crippen molar-refractivity contribution in [1.82, 2.24) is 0 Å². The van der Waals surface area contributed by atoms with Crippen molar-refractivity contribution in [2.24, 2.45) is 0 Å². The Hall–Kier alpha value is 0.0969. The summed E-state index contributed by atoms with van der Waals surface area (Å²) in [6.45, 7) is 0.731. The van der Waals surface area contributed by atoms with Crippen LogP contribution < -0.4 is 0 Å². The maximum absolute atomic E-state index is 8.67. The van der Waals surface area contributed by atoms with E-state index in [0.29, 0.717) is 0 Å². The average Bonchev–Trinajstić information content (AvgIpc) is 1.90. The molecule has 4 heteroatoms. The normalized spacial score (nSPS) is 29.0. The minimum Gasteiger partial charge on any atom is -0.414 e. The number of hydrogen-bond donors (Lipinski definition) is 2. The highest BCUT2D eigenvalue weighted by Gasteiger charge is 2.22. The van der Waals surface area contributed by atoms with E-state index in [9.17, 15) is 0 Å². The van der Waals surface area contributed by atoms with Gasteiger partial charge in [0.1, 0.15) is 0 Å². The lowest BCUT2D eigenvalue weighted by Gasteiger charge is -2.21. The van der Waals surface area contributed by atoms with Crippen LogP contribution in [0.15, 0.2) is 0 Å². The molecule has 0 saturated carbocycles. The predicted octanol–water partition coefficient (Wildman–Crippen LogP) is -0.630. The summed E-state index contributed by atoms with van der Waals surface area (Å²) in [5.41, 5.74) is 0. The van der Waals surface area contributed by atoms with Crippen LogP contribution in [0.2, 0.25) is 6.04 Å². The molecule has 0 aromatic heterocycles. The summed E-state index contributed by atoms with van der Waals surface area (Å²) >= 11 is 0. The fourth-order valence-electron chi connectivity index (χ4n) is 1.00. The fraction of sp³-hybridized carbons (Fsp3) is 1.00. The van der Waals surface area contributed by atoms with Gasteiger partial charge in [-0.15, -0.1) is 0 Å². The summed E-state index contributed by atoms with van der Waals surface area (Å²) in [6.07, 6.45) is 2.19. The molecular weight excluding hydrogens is 136 g/mol. The minimum absolute atomic E-state index is 0.731. The Bertz CT molecular complexity index is 80.3. The summed E-state index contributed by atoms with van der Waals surface area (Å²) < 4.78 is 5.18. The van der Waals surface area contributed by atoms with E-state index in [1.807, 2.05) is 0 Å². The Morgan fingerprint density at radius 1 is 1.33 bits per heavy atom. The van der Waals surface area contributed by atoms with Crippen molar-refractivity contribution in [2.75, 3.05) is 6.61 Å². The first-order valence-electron chi connectivity index (χ1n) is 3.28. The highest BCUT2D eigenvalue weighted by molar-refractivity contribution is 6.52. The summed E-state index contributed by atoms with van der Waals surface area (Å²) in [6, 6.07) is 0.914. The van der Waals surface area contributed by atoms with E-state index in [1.165, 1.54) is 0 Å².